The molecule has 0 spiro atoms. The molecule has 4 rings (SSSR count). The normalized spacial score (nSPS) is 10.8. The lowest BCUT2D eigenvalue weighted by molar-refractivity contribution is 0.0954. The van der Waals surface area contributed by atoms with Gasteiger partial charge in [0.15, 0.2) is 0 Å². The molecule has 32 heavy (non-hydrogen) atoms. The number of rotatable bonds is 7. The second-order valence-electron chi connectivity index (χ2n) is 7.21. The summed E-state index contributed by atoms with van der Waals surface area (Å²) in [6.07, 6.45) is 1.34. The average molecular weight is 495 g/mol. The highest BCUT2D eigenvalue weighted by Gasteiger charge is 2.15. The molecule has 3 N–H and O–H groups in total. The zero-order chi connectivity index (χ0) is 22.5. The standard InChI is InChI=1S/C24H20BrFN4O2/c25-16-6-3-5-15(13-16)23(31)30-21-14-17(26)10-11-18(21)24(32)27-12-4-9-22-28-19-7-1-2-8-20(19)29-22/h1-3,5-8,10-11,13-14H,4,9,12H2,(H,27,32)(H,28,29)(H,30,31). The van der Waals surface area contributed by atoms with Gasteiger partial charge in [0.1, 0.15) is 11.6 Å². The van der Waals surface area contributed by atoms with Crippen LogP contribution in [0, 0.1) is 5.82 Å². The van der Waals surface area contributed by atoms with Gasteiger partial charge < -0.3 is 15.6 Å². The molecule has 2 amide bonds. The van der Waals surface area contributed by atoms with Crippen LogP contribution < -0.4 is 10.6 Å². The Labute approximate surface area is 192 Å². The summed E-state index contributed by atoms with van der Waals surface area (Å²) in [5.74, 6) is -0.518. The molecule has 1 heterocycles. The van der Waals surface area contributed by atoms with Crippen LogP contribution in [0.5, 0.6) is 0 Å². The van der Waals surface area contributed by atoms with E-state index in [1.807, 2.05) is 24.3 Å². The van der Waals surface area contributed by atoms with Crippen molar-refractivity contribution in [2.45, 2.75) is 12.8 Å². The molecule has 0 atom stereocenters. The van der Waals surface area contributed by atoms with E-state index in [0.29, 0.717) is 24.9 Å². The molecule has 0 aliphatic heterocycles. The van der Waals surface area contributed by atoms with Gasteiger partial charge in [-0.3, -0.25) is 9.59 Å². The van der Waals surface area contributed by atoms with Crippen LogP contribution in [0.4, 0.5) is 10.1 Å². The summed E-state index contributed by atoms with van der Waals surface area (Å²) in [5, 5.41) is 5.45. The molecule has 0 bridgehead atoms. The third-order valence-corrected chi connectivity index (χ3v) is 5.37. The van der Waals surface area contributed by atoms with Gasteiger partial charge >= 0.3 is 0 Å². The fourth-order valence-electron chi connectivity index (χ4n) is 3.32. The van der Waals surface area contributed by atoms with Crippen LogP contribution in [0.3, 0.4) is 0 Å². The van der Waals surface area contributed by atoms with Crippen LogP contribution in [0.2, 0.25) is 0 Å². The number of H-pyrrole nitrogens is 1. The molecule has 3 aromatic carbocycles. The quantitative estimate of drug-likeness (QED) is 0.313. The van der Waals surface area contributed by atoms with Crippen molar-refractivity contribution in [3.8, 4) is 0 Å². The monoisotopic (exact) mass is 494 g/mol. The summed E-state index contributed by atoms with van der Waals surface area (Å²) in [6, 6.07) is 18.3. The fraction of sp³-hybridized carbons (Fsp3) is 0.125. The van der Waals surface area contributed by atoms with E-state index in [1.54, 1.807) is 24.3 Å². The highest BCUT2D eigenvalue weighted by molar-refractivity contribution is 9.10. The average Bonchev–Trinajstić information content (AvgIpc) is 3.19. The molecule has 6 nitrogen and oxygen atoms in total. The number of aryl methyl sites for hydroxylation is 1. The van der Waals surface area contributed by atoms with E-state index in [2.05, 4.69) is 36.5 Å². The summed E-state index contributed by atoms with van der Waals surface area (Å²) >= 11 is 3.32. The van der Waals surface area contributed by atoms with E-state index in [4.69, 9.17) is 0 Å². The molecular weight excluding hydrogens is 475 g/mol. The summed E-state index contributed by atoms with van der Waals surface area (Å²) < 4.78 is 14.6. The van der Waals surface area contributed by atoms with Gasteiger partial charge in [-0.1, -0.05) is 34.1 Å². The van der Waals surface area contributed by atoms with Gasteiger partial charge in [-0.2, -0.15) is 0 Å². The van der Waals surface area contributed by atoms with Crippen molar-refractivity contribution in [2.24, 2.45) is 0 Å². The number of nitrogens with one attached hydrogen (secondary N) is 3. The Hall–Kier alpha value is -3.52. The third-order valence-electron chi connectivity index (χ3n) is 4.88. The number of aromatic amines is 1. The number of nitrogens with zero attached hydrogens (tertiary/aromatic N) is 1. The molecule has 0 radical (unpaired) electrons. The number of para-hydroxylation sites is 2. The molecule has 0 saturated carbocycles. The van der Waals surface area contributed by atoms with Crippen molar-refractivity contribution in [2.75, 3.05) is 11.9 Å². The van der Waals surface area contributed by atoms with Crippen LogP contribution in [0.25, 0.3) is 11.0 Å². The van der Waals surface area contributed by atoms with E-state index < -0.39 is 11.7 Å². The first-order valence-electron chi connectivity index (χ1n) is 10.1. The Bertz CT molecular complexity index is 1250. The predicted octanol–water partition coefficient (Wildman–Crippen LogP) is 5.08. The maximum atomic E-state index is 13.8. The number of aromatic nitrogens is 2. The maximum absolute atomic E-state index is 13.8. The highest BCUT2D eigenvalue weighted by Crippen LogP contribution is 2.20. The van der Waals surface area contributed by atoms with E-state index in [0.717, 1.165) is 27.4 Å². The van der Waals surface area contributed by atoms with Gasteiger partial charge in [0, 0.05) is 23.0 Å². The van der Waals surface area contributed by atoms with Gasteiger partial charge in [-0.15, -0.1) is 0 Å². The molecular formula is C24H20BrFN4O2. The third kappa shape index (κ3) is 5.20. The number of benzene rings is 3. The molecule has 0 saturated heterocycles. The molecule has 0 aliphatic carbocycles. The van der Waals surface area contributed by atoms with Gasteiger partial charge in [0.25, 0.3) is 11.8 Å². The van der Waals surface area contributed by atoms with Gasteiger partial charge in [-0.25, -0.2) is 9.37 Å². The fourth-order valence-corrected chi connectivity index (χ4v) is 3.72. The Morgan fingerprint density at radius 1 is 1.00 bits per heavy atom. The van der Waals surface area contributed by atoms with Crippen molar-refractivity contribution in [1.82, 2.24) is 15.3 Å². The Balaban J connectivity index is 1.38. The Morgan fingerprint density at radius 2 is 1.84 bits per heavy atom. The van der Waals surface area contributed by atoms with Crippen molar-refractivity contribution in [3.63, 3.8) is 0 Å². The molecule has 8 heteroatoms. The molecule has 1 aromatic heterocycles. The first-order chi connectivity index (χ1) is 15.5. The summed E-state index contributed by atoms with van der Waals surface area (Å²) in [7, 11) is 0. The predicted molar refractivity (Wildman–Crippen MR) is 125 cm³/mol. The minimum absolute atomic E-state index is 0.116. The van der Waals surface area contributed by atoms with Crippen molar-refractivity contribution >= 4 is 44.5 Å². The number of carbonyl (C=O) groups excluding carboxylic acids is 2. The van der Waals surface area contributed by atoms with Gasteiger partial charge in [0.2, 0.25) is 0 Å². The number of fused-ring (bicyclic) bond motifs is 1. The number of carbonyl (C=O) groups is 2. The Kier molecular flexibility index (Phi) is 6.61. The van der Waals surface area contributed by atoms with Gasteiger partial charge in [0.05, 0.1) is 22.3 Å². The topological polar surface area (TPSA) is 86.9 Å². The molecule has 4 aromatic rings. The zero-order valence-electron chi connectivity index (χ0n) is 17.0. The molecule has 162 valence electrons. The summed E-state index contributed by atoms with van der Waals surface area (Å²) in [4.78, 5) is 33.0. The molecule has 0 unspecified atom stereocenters. The first kappa shape index (κ1) is 21.7. The minimum Gasteiger partial charge on any atom is -0.352 e. The second kappa shape index (κ2) is 9.74. The largest absolute Gasteiger partial charge is 0.352 e. The van der Waals surface area contributed by atoms with E-state index in [1.165, 1.54) is 12.1 Å². The number of anilines is 1. The van der Waals surface area contributed by atoms with E-state index in [-0.39, 0.29) is 17.2 Å². The van der Waals surface area contributed by atoms with Crippen LogP contribution in [0.15, 0.2) is 71.2 Å². The van der Waals surface area contributed by atoms with Crippen molar-refractivity contribution < 1.29 is 14.0 Å². The SMILES string of the molecule is O=C(Nc1cc(F)ccc1C(=O)NCCCc1nc2ccccc2[nH]1)c1cccc(Br)c1. The number of hydrogen-bond donors (Lipinski definition) is 3. The summed E-state index contributed by atoms with van der Waals surface area (Å²) in [5.41, 5.74) is 2.58. The van der Waals surface area contributed by atoms with Crippen molar-refractivity contribution in [3.05, 3.63) is 94.0 Å². The minimum atomic E-state index is -0.545. The number of amides is 2. The first-order valence-corrected chi connectivity index (χ1v) is 10.9. The Morgan fingerprint density at radius 3 is 2.66 bits per heavy atom. The van der Waals surface area contributed by atoms with Crippen LogP contribution in [0.1, 0.15) is 33.0 Å². The van der Waals surface area contributed by atoms with Gasteiger partial charge in [-0.05, 0) is 55.0 Å². The second-order valence-corrected chi connectivity index (χ2v) is 8.13. The maximum Gasteiger partial charge on any atom is 0.255 e. The lowest BCUT2D eigenvalue weighted by atomic mass is 10.1. The lowest BCUT2D eigenvalue weighted by Gasteiger charge is -2.12. The lowest BCUT2D eigenvalue weighted by Crippen LogP contribution is -2.26. The van der Waals surface area contributed by atoms with Crippen molar-refractivity contribution in [1.29, 1.82) is 0 Å². The van der Waals surface area contributed by atoms with E-state index >= 15 is 0 Å². The van der Waals surface area contributed by atoms with Crippen LogP contribution in [-0.4, -0.2) is 28.3 Å². The highest BCUT2D eigenvalue weighted by atomic mass is 79.9. The van der Waals surface area contributed by atoms with Crippen LogP contribution in [-0.2, 0) is 6.42 Å². The smallest absolute Gasteiger partial charge is 0.255 e. The summed E-state index contributed by atoms with van der Waals surface area (Å²) in [6.45, 7) is 0.409. The molecule has 0 aliphatic rings. The molecule has 0 fully saturated rings. The van der Waals surface area contributed by atoms with E-state index in [9.17, 15) is 14.0 Å². The number of halogens is 2. The van der Waals surface area contributed by atoms with Crippen LogP contribution >= 0.6 is 15.9 Å². The number of imidazole rings is 1. The zero-order valence-corrected chi connectivity index (χ0v) is 18.6. The number of hydrogen-bond acceptors (Lipinski definition) is 3.